The second-order valence-corrected chi connectivity index (χ2v) is 10.3. The molecule has 0 radical (unpaired) electrons. The van der Waals surface area contributed by atoms with Gasteiger partial charge >= 0.3 is 11.6 Å². The van der Waals surface area contributed by atoms with Crippen LogP contribution in [0.15, 0.2) is 82.0 Å². The van der Waals surface area contributed by atoms with Crippen LogP contribution in [0.5, 0.6) is 5.75 Å². The molecule has 1 aliphatic rings. The van der Waals surface area contributed by atoms with E-state index in [1.807, 2.05) is 42.5 Å². The summed E-state index contributed by atoms with van der Waals surface area (Å²) >= 11 is 5.98. The molecule has 0 amide bonds. The highest BCUT2D eigenvalue weighted by Crippen LogP contribution is 2.26. The molecular formula is C31H31ClN2O5. The summed E-state index contributed by atoms with van der Waals surface area (Å²) in [7, 11) is 0. The van der Waals surface area contributed by atoms with Crippen molar-refractivity contribution in [3.63, 3.8) is 0 Å². The molecule has 1 aliphatic heterocycles. The fourth-order valence-electron chi connectivity index (χ4n) is 5.01. The normalized spacial score (nSPS) is 14.5. The van der Waals surface area contributed by atoms with E-state index in [0.717, 1.165) is 56.3 Å². The fourth-order valence-corrected chi connectivity index (χ4v) is 5.14. The smallest absolute Gasteiger partial charge is 0.340 e. The van der Waals surface area contributed by atoms with Gasteiger partial charge < -0.3 is 19.2 Å². The largest absolute Gasteiger partial charge is 0.493 e. The van der Waals surface area contributed by atoms with Crippen molar-refractivity contribution >= 4 is 28.5 Å². The van der Waals surface area contributed by atoms with Crippen LogP contribution >= 0.6 is 11.6 Å². The molecule has 39 heavy (non-hydrogen) atoms. The summed E-state index contributed by atoms with van der Waals surface area (Å²) in [5.74, 6) is -0.605. The number of halogens is 1. The number of rotatable bonds is 10. The predicted molar refractivity (Wildman–Crippen MR) is 152 cm³/mol. The van der Waals surface area contributed by atoms with Gasteiger partial charge in [-0.25, -0.2) is 9.59 Å². The average Bonchev–Trinajstić information content (AvgIpc) is 2.94. The molecule has 1 saturated heterocycles. The Balaban J connectivity index is 1.15. The molecule has 7 nitrogen and oxygen atoms in total. The van der Waals surface area contributed by atoms with Gasteiger partial charge in [-0.1, -0.05) is 54.1 Å². The van der Waals surface area contributed by atoms with Crippen LogP contribution in [-0.4, -0.2) is 60.2 Å². The van der Waals surface area contributed by atoms with Crippen molar-refractivity contribution in [3.05, 3.63) is 110 Å². The summed E-state index contributed by atoms with van der Waals surface area (Å²) in [6, 6.07) is 22.3. The highest BCUT2D eigenvalue weighted by atomic mass is 35.5. The lowest BCUT2D eigenvalue weighted by Gasteiger charge is -2.34. The van der Waals surface area contributed by atoms with Gasteiger partial charge in [0.2, 0.25) is 0 Å². The van der Waals surface area contributed by atoms with Gasteiger partial charge in [0.1, 0.15) is 11.3 Å². The molecule has 202 valence electrons. The van der Waals surface area contributed by atoms with Crippen LogP contribution in [0, 0.1) is 0 Å². The number of hydrogen-bond donors (Lipinski definition) is 1. The maximum absolute atomic E-state index is 12.8. The van der Waals surface area contributed by atoms with E-state index < -0.39 is 11.6 Å². The Morgan fingerprint density at radius 3 is 2.36 bits per heavy atom. The number of aromatic carboxylic acids is 1. The van der Waals surface area contributed by atoms with Gasteiger partial charge in [0.05, 0.1) is 17.7 Å². The number of fused-ring (bicyclic) bond motifs is 1. The standard InChI is InChI=1S/C31H31ClN2O5/c32-24-9-7-23(8-10-24)21-34-16-14-33(15-17-34)13-4-18-38-25-11-12-26-28(20-25)39-31(37)27(29(26)30(35)36)19-22-5-2-1-3-6-22/h1-3,5-12,20H,4,13-19,21H2,(H,35,36). The van der Waals surface area contributed by atoms with Gasteiger partial charge in [0.25, 0.3) is 0 Å². The molecule has 0 aliphatic carbocycles. The van der Waals surface area contributed by atoms with E-state index in [9.17, 15) is 14.7 Å². The number of hydrogen-bond acceptors (Lipinski definition) is 6. The first-order valence-electron chi connectivity index (χ1n) is 13.1. The summed E-state index contributed by atoms with van der Waals surface area (Å²) in [5, 5.41) is 11.1. The quantitative estimate of drug-likeness (QED) is 0.213. The number of nitrogens with zero attached hydrogens (tertiary/aromatic N) is 2. The van der Waals surface area contributed by atoms with E-state index in [2.05, 4.69) is 21.9 Å². The molecular weight excluding hydrogens is 516 g/mol. The van der Waals surface area contributed by atoms with E-state index in [1.165, 1.54) is 5.56 Å². The molecule has 5 rings (SSSR count). The highest BCUT2D eigenvalue weighted by molar-refractivity contribution is 6.30. The van der Waals surface area contributed by atoms with Crippen LogP contribution in [0.2, 0.25) is 5.02 Å². The third-order valence-electron chi connectivity index (χ3n) is 7.08. The van der Waals surface area contributed by atoms with Crippen LogP contribution in [-0.2, 0) is 13.0 Å². The molecule has 1 fully saturated rings. The molecule has 2 heterocycles. The Bertz CT molecular complexity index is 1480. The molecule has 8 heteroatoms. The molecule has 0 atom stereocenters. The summed E-state index contributed by atoms with van der Waals surface area (Å²) in [4.78, 5) is 29.8. The second kappa shape index (κ2) is 12.5. The molecule has 1 aromatic heterocycles. The Morgan fingerprint density at radius 1 is 0.923 bits per heavy atom. The minimum atomic E-state index is -1.15. The first-order valence-corrected chi connectivity index (χ1v) is 13.5. The number of benzene rings is 3. The van der Waals surface area contributed by atoms with Crippen LogP contribution in [0.25, 0.3) is 11.0 Å². The highest BCUT2D eigenvalue weighted by Gasteiger charge is 2.21. The zero-order valence-electron chi connectivity index (χ0n) is 21.6. The Kier molecular flexibility index (Phi) is 8.61. The third kappa shape index (κ3) is 6.87. The maximum Gasteiger partial charge on any atom is 0.340 e. The zero-order valence-corrected chi connectivity index (χ0v) is 22.4. The monoisotopic (exact) mass is 546 g/mol. The number of carboxylic acids is 1. The third-order valence-corrected chi connectivity index (χ3v) is 7.33. The lowest BCUT2D eigenvalue weighted by molar-refractivity contribution is 0.0697. The SMILES string of the molecule is O=C(O)c1c(Cc2ccccc2)c(=O)oc2cc(OCCCN3CCN(Cc4ccc(Cl)cc4)CC3)ccc12. The second-order valence-electron chi connectivity index (χ2n) is 9.81. The number of carboxylic acid groups (broad SMARTS) is 1. The molecule has 1 N–H and O–H groups in total. The van der Waals surface area contributed by atoms with Crippen molar-refractivity contribution in [2.24, 2.45) is 0 Å². The van der Waals surface area contributed by atoms with E-state index >= 15 is 0 Å². The van der Waals surface area contributed by atoms with E-state index in [1.54, 1.807) is 18.2 Å². The number of carbonyl (C=O) groups is 1. The van der Waals surface area contributed by atoms with Gasteiger partial charge in [-0.15, -0.1) is 0 Å². The minimum absolute atomic E-state index is 0.0214. The molecule has 0 bridgehead atoms. The van der Waals surface area contributed by atoms with Crippen molar-refractivity contribution in [2.45, 2.75) is 19.4 Å². The summed E-state index contributed by atoms with van der Waals surface area (Å²) in [6.45, 7) is 6.44. The van der Waals surface area contributed by atoms with Gasteiger partial charge in [0.15, 0.2) is 0 Å². The Labute approximate surface area is 232 Å². The van der Waals surface area contributed by atoms with Crippen LogP contribution in [0.1, 0.15) is 33.5 Å². The summed E-state index contributed by atoms with van der Waals surface area (Å²) < 4.78 is 11.5. The first-order chi connectivity index (χ1) is 19.0. The number of ether oxygens (including phenoxy) is 1. The Morgan fingerprint density at radius 2 is 1.64 bits per heavy atom. The summed E-state index contributed by atoms with van der Waals surface area (Å²) in [6.07, 6.45) is 1.05. The van der Waals surface area contributed by atoms with Crippen LogP contribution < -0.4 is 10.4 Å². The van der Waals surface area contributed by atoms with E-state index in [-0.39, 0.29) is 23.1 Å². The lowest BCUT2D eigenvalue weighted by atomic mass is 9.98. The van der Waals surface area contributed by atoms with Gasteiger partial charge in [0, 0.05) is 62.2 Å². The van der Waals surface area contributed by atoms with Crippen molar-refractivity contribution in [1.82, 2.24) is 9.80 Å². The predicted octanol–water partition coefficient (Wildman–Crippen LogP) is 5.32. The van der Waals surface area contributed by atoms with Gasteiger partial charge in [-0.2, -0.15) is 0 Å². The molecule has 4 aromatic rings. The van der Waals surface area contributed by atoms with Crippen molar-refractivity contribution in [1.29, 1.82) is 0 Å². The molecule has 0 saturated carbocycles. The van der Waals surface area contributed by atoms with Gasteiger partial charge in [-0.3, -0.25) is 4.90 Å². The lowest BCUT2D eigenvalue weighted by Crippen LogP contribution is -2.46. The van der Waals surface area contributed by atoms with Gasteiger partial charge in [-0.05, 0) is 41.8 Å². The maximum atomic E-state index is 12.8. The molecule has 0 unspecified atom stereocenters. The Hall–Kier alpha value is -3.65. The van der Waals surface area contributed by atoms with Crippen molar-refractivity contribution < 1.29 is 19.1 Å². The van der Waals surface area contributed by atoms with Crippen LogP contribution in [0.3, 0.4) is 0 Å². The minimum Gasteiger partial charge on any atom is -0.493 e. The topological polar surface area (TPSA) is 83.2 Å². The fraction of sp³-hybridized carbons (Fsp3) is 0.290. The van der Waals surface area contributed by atoms with E-state index in [4.69, 9.17) is 20.8 Å². The van der Waals surface area contributed by atoms with E-state index in [0.29, 0.717) is 17.7 Å². The van der Waals surface area contributed by atoms with Crippen LogP contribution in [0.4, 0.5) is 0 Å². The zero-order chi connectivity index (χ0) is 27.2. The average molecular weight is 547 g/mol. The number of piperazine rings is 1. The summed E-state index contributed by atoms with van der Waals surface area (Å²) in [5.41, 5.74) is 1.81. The molecule has 3 aromatic carbocycles. The first kappa shape index (κ1) is 26.9. The van der Waals surface area contributed by atoms with Crippen molar-refractivity contribution in [3.8, 4) is 5.75 Å². The van der Waals surface area contributed by atoms with Crippen molar-refractivity contribution in [2.75, 3.05) is 39.3 Å². The molecule has 0 spiro atoms.